The van der Waals surface area contributed by atoms with E-state index in [2.05, 4.69) is 16.0 Å². The van der Waals surface area contributed by atoms with Crippen LogP contribution in [-0.4, -0.2) is 67.9 Å². The summed E-state index contributed by atoms with van der Waals surface area (Å²) in [6.45, 7) is 2.90. The lowest BCUT2D eigenvalue weighted by atomic mass is 9.70. The van der Waals surface area contributed by atoms with Gasteiger partial charge in [0.25, 0.3) is 11.8 Å². The number of amides is 4. The average molecular weight is 881 g/mol. The molecule has 7 aromatic rings. The van der Waals surface area contributed by atoms with E-state index in [0.717, 1.165) is 48.8 Å². The molecule has 9 rings (SSSR count). The van der Waals surface area contributed by atoms with Crippen molar-refractivity contribution >= 4 is 23.6 Å². The zero-order valence-electron chi connectivity index (χ0n) is 36.8. The fraction of sp³-hybridized carbons (Fsp3) is 0.259. The molecule has 2 aromatic heterocycles. The number of hydrogen-bond donors (Lipinski definition) is 1. The van der Waals surface area contributed by atoms with Crippen LogP contribution in [0.5, 0.6) is 0 Å². The van der Waals surface area contributed by atoms with Crippen molar-refractivity contribution in [2.45, 2.75) is 70.0 Å². The van der Waals surface area contributed by atoms with Gasteiger partial charge in [-0.2, -0.15) is 0 Å². The maximum absolute atomic E-state index is 15.6. The van der Waals surface area contributed by atoms with E-state index in [1.54, 1.807) is 9.80 Å². The van der Waals surface area contributed by atoms with Gasteiger partial charge in [0.2, 0.25) is 23.6 Å². The van der Waals surface area contributed by atoms with Gasteiger partial charge in [0.1, 0.15) is 17.9 Å². The minimum absolute atomic E-state index is 0.123. The van der Waals surface area contributed by atoms with Gasteiger partial charge < -0.3 is 29.3 Å². The highest BCUT2D eigenvalue weighted by molar-refractivity contribution is 5.97. The van der Waals surface area contributed by atoms with Gasteiger partial charge in [-0.15, -0.1) is 0 Å². The van der Waals surface area contributed by atoms with Crippen LogP contribution in [0.25, 0.3) is 22.9 Å². The van der Waals surface area contributed by atoms with E-state index in [1.807, 2.05) is 132 Å². The molecule has 1 saturated heterocycles. The largest absolute Gasteiger partial charge is 0.444 e. The van der Waals surface area contributed by atoms with Gasteiger partial charge in [0, 0.05) is 56.8 Å². The number of carbonyl (C=O) groups excluding carboxylic acids is 4. The number of rotatable bonds is 13. The van der Waals surface area contributed by atoms with Gasteiger partial charge in [0.15, 0.2) is 11.4 Å². The normalized spacial score (nSPS) is 14.2. The van der Waals surface area contributed by atoms with E-state index in [1.165, 1.54) is 24.5 Å². The number of hydrogen-bond acceptors (Lipinski definition) is 8. The van der Waals surface area contributed by atoms with Crippen molar-refractivity contribution < 1.29 is 28.0 Å². The van der Waals surface area contributed by atoms with Gasteiger partial charge in [0.05, 0.1) is 0 Å². The Labute approximate surface area is 384 Å². The van der Waals surface area contributed by atoms with Crippen LogP contribution in [0.2, 0.25) is 0 Å². The third kappa shape index (κ3) is 9.44. The standard InChI is InChI=1S/C54H52N6O6/c55-48(61)32-54(44-16-6-4-7-17-44,45-18-8-5-9-19-45)53(64)60(33-38-20-24-41(25-21-38)49-56-46(36-65-49)51(62)58-29-12-2-1-3-13-30-58)34-39-22-26-42(27-23-39)50-57-47(37-66-50)52(63)59-31-28-40-14-10-11-15-43(40)35-59/h4-11,14-27,36-37H,1-3,12-13,28-35H2,(H2,55,61). The molecule has 1 fully saturated rings. The molecule has 12 nitrogen and oxygen atoms in total. The highest BCUT2D eigenvalue weighted by Crippen LogP contribution is 2.39. The topological polar surface area (TPSA) is 156 Å². The predicted molar refractivity (Wildman–Crippen MR) is 249 cm³/mol. The van der Waals surface area contributed by atoms with Crippen molar-refractivity contribution in [2.24, 2.45) is 5.73 Å². The fourth-order valence-electron chi connectivity index (χ4n) is 9.27. The third-order valence-electron chi connectivity index (χ3n) is 12.8. The molecular weight excluding hydrogens is 829 g/mol. The number of fused-ring (bicyclic) bond motifs is 1. The van der Waals surface area contributed by atoms with Crippen molar-refractivity contribution in [3.63, 3.8) is 0 Å². The Bertz CT molecular complexity index is 2750. The first-order valence-corrected chi connectivity index (χ1v) is 22.7. The minimum Gasteiger partial charge on any atom is -0.444 e. The quantitative estimate of drug-likeness (QED) is 0.120. The lowest BCUT2D eigenvalue weighted by molar-refractivity contribution is -0.139. The van der Waals surface area contributed by atoms with E-state index in [4.69, 9.17) is 14.6 Å². The molecule has 4 heterocycles. The zero-order chi connectivity index (χ0) is 45.5. The van der Waals surface area contributed by atoms with Crippen molar-refractivity contribution in [3.05, 3.63) is 191 Å². The minimum atomic E-state index is -1.45. The monoisotopic (exact) mass is 880 g/mol. The molecule has 0 radical (unpaired) electrons. The molecule has 0 bridgehead atoms. The molecule has 2 aliphatic rings. The highest BCUT2D eigenvalue weighted by atomic mass is 16.3. The number of benzene rings is 5. The summed E-state index contributed by atoms with van der Waals surface area (Å²) in [5.74, 6) is -0.589. The summed E-state index contributed by atoms with van der Waals surface area (Å²) in [4.78, 5) is 70.1. The number of oxazole rings is 2. The fourth-order valence-corrected chi connectivity index (χ4v) is 9.27. The maximum atomic E-state index is 15.6. The Morgan fingerprint density at radius 3 is 1.55 bits per heavy atom. The highest BCUT2D eigenvalue weighted by Gasteiger charge is 2.46. The number of nitrogens with zero attached hydrogens (tertiary/aromatic N) is 5. The number of aromatic nitrogens is 2. The molecule has 5 aromatic carbocycles. The van der Waals surface area contributed by atoms with Crippen LogP contribution in [0.1, 0.15) is 92.9 Å². The Hall–Kier alpha value is -7.60. The average Bonchev–Trinajstić information content (AvgIpc) is 4.05. The number of nitrogens with two attached hydrogens (primary N) is 1. The second-order valence-electron chi connectivity index (χ2n) is 17.2. The van der Waals surface area contributed by atoms with Crippen LogP contribution in [0, 0.1) is 0 Å². The second-order valence-corrected chi connectivity index (χ2v) is 17.2. The van der Waals surface area contributed by atoms with Crippen molar-refractivity contribution in [1.82, 2.24) is 24.7 Å². The van der Waals surface area contributed by atoms with Gasteiger partial charge >= 0.3 is 0 Å². The summed E-state index contributed by atoms with van der Waals surface area (Å²) in [6.07, 6.45) is 8.74. The zero-order valence-corrected chi connectivity index (χ0v) is 36.8. The van der Waals surface area contributed by atoms with Crippen LogP contribution < -0.4 is 5.73 Å². The molecule has 0 atom stereocenters. The summed E-state index contributed by atoms with van der Waals surface area (Å²) in [5, 5.41) is 0. The van der Waals surface area contributed by atoms with Crippen LogP contribution in [0.15, 0.2) is 155 Å². The van der Waals surface area contributed by atoms with Crippen molar-refractivity contribution in [3.8, 4) is 22.9 Å². The summed E-state index contributed by atoms with van der Waals surface area (Å²) in [7, 11) is 0. The Kier molecular flexibility index (Phi) is 13.0. The van der Waals surface area contributed by atoms with E-state index in [0.29, 0.717) is 60.2 Å². The molecule has 0 spiro atoms. The molecule has 334 valence electrons. The van der Waals surface area contributed by atoms with Crippen LogP contribution in [-0.2, 0) is 41.1 Å². The van der Waals surface area contributed by atoms with E-state index >= 15 is 4.79 Å². The molecule has 4 amide bonds. The summed E-state index contributed by atoms with van der Waals surface area (Å²) < 4.78 is 11.7. The first-order valence-electron chi connectivity index (χ1n) is 22.7. The number of likely N-dealkylation sites (tertiary alicyclic amines) is 1. The van der Waals surface area contributed by atoms with Crippen LogP contribution in [0.4, 0.5) is 0 Å². The van der Waals surface area contributed by atoms with Gasteiger partial charge in [-0.1, -0.05) is 128 Å². The molecular formula is C54H52N6O6. The third-order valence-corrected chi connectivity index (χ3v) is 12.8. The lowest BCUT2D eigenvalue weighted by Gasteiger charge is -2.38. The van der Waals surface area contributed by atoms with E-state index < -0.39 is 11.3 Å². The molecule has 0 unspecified atom stereocenters. The van der Waals surface area contributed by atoms with Crippen molar-refractivity contribution in [2.75, 3.05) is 19.6 Å². The Morgan fingerprint density at radius 2 is 1.03 bits per heavy atom. The SMILES string of the molecule is NC(=O)CC(C(=O)N(Cc1ccc(-c2nc(C(=O)N3CCCCCCC3)co2)cc1)Cc1ccc(-c2nc(C(=O)N3CCc4ccccc4C3)co2)cc1)(c1ccccc1)c1ccccc1. The van der Waals surface area contributed by atoms with Crippen LogP contribution >= 0.6 is 0 Å². The molecule has 2 aliphatic heterocycles. The summed E-state index contributed by atoms with van der Waals surface area (Å²) >= 11 is 0. The van der Waals surface area contributed by atoms with Crippen molar-refractivity contribution in [1.29, 1.82) is 0 Å². The lowest BCUT2D eigenvalue weighted by Crippen LogP contribution is -2.49. The second kappa shape index (κ2) is 19.6. The molecule has 12 heteroatoms. The van der Waals surface area contributed by atoms with E-state index in [-0.39, 0.29) is 48.6 Å². The van der Waals surface area contributed by atoms with Crippen LogP contribution in [0.3, 0.4) is 0 Å². The van der Waals surface area contributed by atoms with Gasteiger partial charge in [-0.05, 0) is 76.9 Å². The van der Waals surface area contributed by atoms with Gasteiger partial charge in [-0.25, -0.2) is 9.97 Å². The van der Waals surface area contributed by atoms with E-state index in [9.17, 15) is 14.4 Å². The number of primary amides is 1. The first kappa shape index (κ1) is 43.6. The molecule has 2 N–H and O–H groups in total. The smallest absolute Gasteiger partial charge is 0.276 e. The molecule has 0 saturated carbocycles. The van der Waals surface area contributed by atoms with Gasteiger partial charge in [-0.3, -0.25) is 19.2 Å². The Balaban J connectivity index is 0.989. The maximum Gasteiger partial charge on any atom is 0.276 e. The summed E-state index contributed by atoms with van der Waals surface area (Å²) in [5.41, 5.74) is 11.7. The molecule has 0 aliphatic carbocycles. The molecule has 66 heavy (non-hydrogen) atoms. The first-order chi connectivity index (χ1) is 32.2. The Morgan fingerprint density at radius 1 is 0.561 bits per heavy atom. The summed E-state index contributed by atoms with van der Waals surface area (Å²) in [6, 6.07) is 41.8. The predicted octanol–water partition coefficient (Wildman–Crippen LogP) is 8.99. The number of carbonyl (C=O) groups is 4.